The first-order valence-electron chi connectivity index (χ1n) is 7.70. The van der Waals surface area contributed by atoms with Crippen molar-refractivity contribution in [2.24, 2.45) is 5.41 Å². The third-order valence-electron chi connectivity index (χ3n) is 5.34. The molecule has 1 N–H and O–H groups in total. The van der Waals surface area contributed by atoms with Gasteiger partial charge in [-0.3, -0.25) is 9.69 Å². The fourth-order valence-corrected chi connectivity index (χ4v) is 3.25. The van der Waals surface area contributed by atoms with Crippen LogP contribution in [0.3, 0.4) is 0 Å². The number of hydrogen-bond donors (Lipinski definition) is 1. The van der Waals surface area contributed by atoms with E-state index in [9.17, 15) is 14.7 Å². The molecule has 0 bridgehead atoms. The minimum atomic E-state index is -0.779. The summed E-state index contributed by atoms with van der Waals surface area (Å²) in [5.74, 6) is -0.779. The molecule has 1 unspecified atom stereocenters. The molecule has 0 aromatic heterocycles. The van der Waals surface area contributed by atoms with Crippen LogP contribution in [-0.2, 0) is 4.79 Å². The lowest BCUT2D eigenvalue weighted by Crippen LogP contribution is -2.60. The maximum absolute atomic E-state index is 12.7. The van der Waals surface area contributed by atoms with Gasteiger partial charge >= 0.3 is 12.0 Å². The zero-order chi connectivity index (χ0) is 15.8. The minimum Gasteiger partial charge on any atom is -0.481 e. The lowest BCUT2D eigenvalue weighted by Gasteiger charge is -2.46. The van der Waals surface area contributed by atoms with Gasteiger partial charge in [-0.1, -0.05) is 6.92 Å². The van der Waals surface area contributed by atoms with E-state index >= 15 is 0 Å². The van der Waals surface area contributed by atoms with Crippen LogP contribution in [0.5, 0.6) is 0 Å². The van der Waals surface area contributed by atoms with E-state index in [4.69, 9.17) is 0 Å². The van der Waals surface area contributed by atoms with Crippen molar-refractivity contribution in [2.45, 2.75) is 39.2 Å². The number of carbonyl (C=O) groups excluding carboxylic acids is 1. The van der Waals surface area contributed by atoms with Crippen molar-refractivity contribution in [3.8, 4) is 0 Å². The van der Waals surface area contributed by atoms with Gasteiger partial charge in [0.2, 0.25) is 0 Å². The summed E-state index contributed by atoms with van der Waals surface area (Å²) in [5, 5.41) is 9.43. The van der Waals surface area contributed by atoms with Gasteiger partial charge in [-0.05, 0) is 33.7 Å². The molecular weight excluding hydrogens is 270 g/mol. The standard InChI is InChI=1S/C15H27N3O3/c1-5-15(12(19)20)6-7-17(11-15)13(21)18-9-8-16(4)14(2,3)10-18/h5-11H2,1-4H3,(H,19,20). The van der Waals surface area contributed by atoms with Crippen molar-refractivity contribution in [1.29, 1.82) is 0 Å². The lowest BCUT2D eigenvalue weighted by molar-refractivity contribution is -0.148. The first-order chi connectivity index (χ1) is 9.72. The molecule has 120 valence electrons. The fraction of sp³-hybridized carbons (Fsp3) is 0.867. The molecule has 2 saturated heterocycles. The highest BCUT2D eigenvalue weighted by Crippen LogP contribution is 2.35. The summed E-state index contributed by atoms with van der Waals surface area (Å²) in [4.78, 5) is 30.0. The first-order valence-corrected chi connectivity index (χ1v) is 7.70. The van der Waals surface area contributed by atoms with Crippen molar-refractivity contribution < 1.29 is 14.7 Å². The molecule has 2 aliphatic heterocycles. The number of aliphatic carboxylic acids is 1. The van der Waals surface area contributed by atoms with Gasteiger partial charge in [0.05, 0.1) is 5.41 Å². The topological polar surface area (TPSA) is 64.1 Å². The molecule has 0 aromatic rings. The number of likely N-dealkylation sites (tertiary alicyclic amines) is 1. The monoisotopic (exact) mass is 297 g/mol. The second-order valence-corrected chi connectivity index (χ2v) is 7.05. The highest BCUT2D eigenvalue weighted by molar-refractivity contribution is 5.80. The van der Waals surface area contributed by atoms with Gasteiger partial charge in [0.15, 0.2) is 0 Å². The number of likely N-dealkylation sites (N-methyl/N-ethyl adjacent to an activating group) is 1. The molecule has 2 aliphatic rings. The van der Waals surface area contributed by atoms with Crippen molar-refractivity contribution in [2.75, 3.05) is 39.8 Å². The molecule has 6 heteroatoms. The van der Waals surface area contributed by atoms with Crippen LogP contribution in [0.15, 0.2) is 0 Å². The van der Waals surface area contributed by atoms with Crippen LogP contribution in [0.4, 0.5) is 4.79 Å². The summed E-state index contributed by atoms with van der Waals surface area (Å²) >= 11 is 0. The van der Waals surface area contributed by atoms with Crippen molar-refractivity contribution in [3.05, 3.63) is 0 Å². The lowest BCUT2D eigenvalue weighted by atomic mass is 9.84. The maximum atomic E-state index is 12.7. The number of nitrogens with zero attached hydrogens (tertiary/aromatic N) is 3. The van der Waals surface area contributed by atoms with E-state index in [1.807, 2.05) is 11.8 Å². The van der Waals surface area contributed by atoms with Gasteiger partial charge in [0, 0.05) is 38.3 Å². The Bertz CT molecular complexity index is 438. The smallest absolute Gasteiger partial charge is 0.320 e. The predicted octanol–water partition coefficient (Wildman–Crippen LogP) is 1.32. The minimum absolute atomic E-state index is 0.00671. The van der Waals surface area contributed by atoms with Crippen LogP contribution in [0.25, 0.3) is 0 Å². The number of urea groups is 1. The number of rotatable bonds is 2. The maximum Gasteiger partial charge on any atom is 0.320 e. The van der Waals surface area contributed by atoms with Gasteiger partial charge in [-0.25, -0.2) is 4.79 Å². The molecule has 2 amide bonds. The molecule has 6 nitrogen and oxygen atoms in total. The summed E-state index contributed by atoms with van der Waals surface area (Å²) in [6.07, 6.45) is 1.13. The Balaban J connectivity index is 2.04. The van der Waals surface area contributed by atoms with Gasteiger partial charge < -0.3 is 14.9 Å². The van der Waals surface area contributed by atoms with Crippen molar-refractivity contribution in [3.63, 3.8) is 0 Å². The zero-order valence-corrected chi connectivity index (χ0v) is 13.6. The van der Waals surface area contributed by atoms with Crippen molar-refractivity contribution in [1.82, 2.24) is 14.7 Å². The van der Waals surface area contributed by atoms with Crippen LogP contribution in [0.2, 0.25) is 0 Å². The molecule has 2 rings (SSSR count). The van der Waals surface area contributed by atoms with Crippen LogP contribution in [-0.4, -0.2) is 77.1 Å². The van der Waals surface area contributed by atoms with Crippen LogP contribution in [0.1, 0.15) is 33.6 Å². The Morgan fingerprint density at radius 1 is 1.10 bits per heavy atom. The second-order valence-electron chi connectivity index (χ2n) is 7.05. The Morgan fingerprint density at radius 3 is 2.19 bits per heavy atom. The predicted molar refractivity (Wildman–Crippen MR) is 80.2 cm³/mol. The fourth-order valence-electron chi connectivity index (χ4n) is 3.25. The number of carbonyl (C=O) groups is 2. The molecule has 2 heterocycles. The summed E-state index contributed by atoms with van der Waals surface area (Å²) in [7, 11) is 2.07. The SMILES string of the molecule is CCC1(C(=O)O)CCN(C(=O)N2CCN(C)C(C)(C)C2)C1. The summed E-state index contributed by atoms with van der Waals surface area (Å²) in [6.45, 7) is 9.28. The molecule has 1 atom stereocenters. The summed E-state index contributed by atoms with van der Waals surface area (Å²) < 4.78 is 0. The van der Waals surface area contributed by atoms with E-state index in [0.717, 1.165) is 6.54 Å². The molecule has 0 spiro atoms. The van der Waals surface area contributed by atoms with E-state index in [1.54, 1.807) is 4.90 Å². The van der Waals surface area contributed by atoms with E-state index in [1.165, 1.54) is 0 Å². The van der Waals surface area contributed by atoms with Gasteiger partial charge in [-0.2, -0.15) is 0 Å². The molecule has 0 aromatic carbocycles. The van der Waals surface area contributed by atoms with Crippen LogP contribution in [0, 0.1) is 5.41 Å². The molecular formula is C15H27N3O3. The van der Waals surface area contributed by atoms with Crippen molar-refractivity contribution >= 4 is 12.0 Å². The van der Waals surface area contributed by atoms with Crippen LogP contribution < -0.4 is 0 Å². The third-order valence-corrected chi connectivity index (χ3v) is 5.34. The summed E-state index contributed by atoms with van der Waals surface area (Å²) in [5.41, 5.74) is -0.792. The van der Waals surface area contributed by atoms with Gasteiger partial charge in [0.1, 0.15) is 0 Å². The third kappa shape index (κ3) is 2.86. The molecule has 21 heavy (non-hydrogen) atoms. The largest absolute Gasteiger partial charge is 0.481 e. The van der Waals surface area contributed by atoms with E-state index in [-0.39, 0.29) is 11.6 Å². The van der Waals surface area contributed by atoms with Crippen LogP contribution >= 0.6 is 0 Å². The Hall–Kier alpha value is -1.30. The highest BCUT2D eigenvalue weighted by Gasteiger charge is 2.46. The Labute approximate surface area is 126 Å². The average molecular weight is 297 g/mol. The molecule has 0 radical (unpaired) electrons. The Morgan fingerprint density at radius 2 is 1.71 bits per heavy atom. The van der Waals surface area contributed by atoms with E-state index in [0.29, 0.717) is 39.0 Å². The number of hydrogen-bond acceptors (Lipinski definition) is 3. The first kappa shape index (κ1) is 16.1. The zero-order valence-electron chi connectivity index (χ0n) is 13.6. The molecule has 0 saturated carbocycles. The Kier molecular flexibility index (Phi) is 4.19. The van der Waals surface area contributed by atoms with Gasteiger partial charge in [-0.15, -0.1) is 0 Å². The number of amides is 2. The number of carboxylic acids is 1. The molecule has 0 aliphatic carbocycles. The quantitative estimate of drug-likeness (QED) is 0.835. The average Bonchev–Trinajstić information content (AvgIpc) is 2.87. The van der Waals surface area contributed by atoms with E-state index in [2.05, 4.69) is 25.8 Å². The highest BCUT2D eigenvalue weighted by atomic mass is 16.4. The van der Waals surface area contributed by atoms with E-state index < -0.39 is 11.4 Å². The number of piperazine rings is 1. The molecule has 2 fully saturated rings. The number of carboxylic acid groups (broad SMARTS) is 1. The normalized spacial score (nSPS) is 29.7. The van der Waals surface area contributed by atoms with Gasteiger partial charge in [0.25, 0.3) is 0 Å². The summed E-state index contributed by atoms with van der Waals surface area (Å²) in [6, 6.07) is -0.00671. The second kappa shape index (κ2) is 5.48.